The van der Waals surface area contributed by atoms with E-state index in [1.165, 1.54) is 31.4 Å². The second-order valence-electron chi connectivity index (χ2n) is 4.99. The molecular weight excluding hydrogens is 307 g/mol. The van der Waals surface area contributed by atoms with E-state index < -0.39 is 17.8 Å². The van der Waals surface area contributed by atoms with E-state index in [0.717, 1.165) is 0 Å². The van der Waals surface area contributed by atoms with Crippen molar-refractivity contribution in [3.05, 3.63) is 59.8 Å². The SMILES string of the molecule is COC(=O)c1ccc(-c2c(C(F)(F)F)[nH]c3ccccc23)cc1. The van der Waals surface area contributed by atoms with Gasteiger partial charge >= 0.3 is 12.1 Å². The van der Waals surface area contributed by atoms with Crippen molar-refractivity contribution in [2.24, 2.45) is 0 Å². The molecule has 0 atom stereocenters. The molecule has 3 rings (SSSR count). The Morgan fingerprint density at radius 2 is 1.70 bits per heavy atom. The summed E-state index contributed by atoms with van der Waals surface area (Å²) >= 11 is 0. The van der Waals surface area contributed by atoms with Crippen molar-refractivity contribution in [3.63, 3.8) is 0 Å². The summed E-state index contributed by atoms with van der Waals surface area (Å²) in [6, 6.07) is 12.4. The Morgan fingerprint density at radius 3 is 2.30 bits per heavy atom. The first-order chi connectivity index (χ1) is 10.9. The van der Waals surface area contributed by atoms with Crippen molar-refractivity contribution in [1.82, 2.24) is 4.98 Å². The normalized spacial score (nSPS) is 11.7. The van der Waals surface area contributed by atoms with Gasteiger partial charge in [0.05, 0.1) is 12.7 Å². The van der Waals surface area contributed by atoms with Gasteiger partial charge in [-0.3, -0.25) is 0 Å². The van der Waals surface area contributed by atoms with Gasteiger partial charge in [-0.25, -0.2) is 4.79 Å². The van der Waals surface area contributed by atoms with Crippen LogP contribution in [0.15, 0.2) is 48.5 Å². The van der Waals surface area contributed by atoms with E-state index in [1.54, 1.807) is 24.3 Å². The van der Waals surface area contributed by atoms with Crippen LogP contribution >= 0.6 is 0 Å². The second kappa shape index (κ2) is 5.46. The third-order valence-electron chi connectivity index (χ3n) is 3.58. The predicted molar refractivity (Wildman–Crippen MR) is 80.1 cm³/mol. The van der Waals surface area contributed by atoms with Crippen molar-refractivity contribution < 1.29 is 22.7 Å². The van der Waals surface area contributed by atoms with E-state index >= 15 is 0 Å². The van der Waals surface area contributed by atoms with Gasteiger partial charge < -0.3 is 9.72 Å². The van der Waals surface area contributed by atoms with Crippen LogP contribution in [-0.4, -0.2) is 18.1 Å². The molecule has 0 amide bonds. The first-order valence-electron chi connectivity index (χ1n) is 6.78. The maximum Gasteiger partial charge on any atom is 0.431 e. The number of aromatic nitrogens is 1. The Labute approximate surface area is 129 Å². The van der Waals surface area contributed by atoms with Crippen LogP contribution in [0.5, 0.6) is 0 Å². The number of hydrogen-bond acceptors (Lipinski definition) is 2. The number of H-pyrrole nitrogens is 1. The summed E-state index contributed by atoms with van der Waals surface area (Å²) in [4.78, 5) is 13.9. The summed E-state index contributed by atoms with van der Waals surface area (Å²) in [5, 5.41) is 0.477. The van der Waals surface area contributed by atoms with Gasteiger partial charge in [0.15, 0.2) is 0 Å². The molecule has 0 aliphatic carbocycles. The lowest BCUT2D eigenvalue weighted by Gasteiger charge is -2.09. The molecule has 0 aliphatic rings. The Balaban J connectivity index is 2.20. The lowest BCUT2D eigenvalue weighted by molar-refractivity contribution is -0.140. The highest BCUT2D eigenvalue weighted by Gasteiger charge is 2.36. The summed E-state index contributed by atoms with van der Waals surface area (Å²) in [6.07, 6.45) is -4.50. The van der Waals surface area contributed by atoms with E-state index in [-0.39, 0.29) is 11.1 Å². The first-order valence-corrected chi connectivity index (χ1v) is 6.78. The number of carbonyl (C=O) groups is 1. The number of hydrogen-bond donors (Lipinski definition) is 1. The molecule has 6 heteroatoms. The van der Waals surface area contributed by atoms with Crippen LogP contribution in [0, 0.1) is 0 Å². The molecule has 0 radical (unpaired) electrons. The monoisotopic (exact) mass is 319 g/mol. The molecule has 0 spiro atoms. The molecule has 1 N–H and O–H groups in total. The van der Waals surface area contributed by atoms with Crippen molar-refractivity contribution in [3.8, 4) is 11.1 Å². The number of carbonyl (C=O) groups excluding carboxylic acids is 1. The average molecular weight is 319 g/mol. The molecule has 3 aromatic rings. The minimum atomic E-state index is -4.50. The maximum absolute atomic E-state index is 13.3. The van der Waals surface area contributed by atoms with E-state index in [0.29, 0.717) is 16.5 Å². The summed E-state index contributed by atoms with van der Waals surface area (Å²) in [6.45, 7) is 0. The Bertz CT molecular complexity index is 864. The van der Waals surface area contributed by atoms with Gasteiger partial charge in [-0.15, -0.1) is 0 Å². The molecule has 23 heavy (non-hydrogen) atoms. The molecule has 1 heterocycles. The first kappa shape index (κ1) is 15.1. The van der Waals surface area contributed by atoms with Gasteiger partial charge in [0.25, 0.3) is 0 Å². The molecule has 0 aliphatic heterocycles. The Hall–Kier alpha value is -2.76. The van der Waals surface area contributed by atoms with Crippen molar-refractivity contribution in [2.45, 2.75) is 6.18 Å². The number of para-hydroxylation sites is 1. The molecule has 0 fully saturated rings. The summed E-state index contributed by atoms with van der Waals surface area (Å²) in [7, 11) is 1.25. The fourth-order valence-corrected chi connectivity index (χ4v) is 2.55. The maximum atomic E-state index is 13.3. The van der Waals surface area contributed by atoms with Crippen LogP contribution in [0.2, 0.25) is 0 Å². The zero-order valence-corrected chi connectivity index (χ0v) is 12.1. The second-order valence-corrected chi connectivity index (χ2v) is 4.99. The number of fused-ring (bicyclic) bond motifs is 1. The third kappa shape index (κ3) is 2.67. The van der Waals surface area contributed by atoms with Crippen LogP contribution in [0.1, 0.15) is 16.1 Å². The lowest BCUT2D eigenvalue weighted by Crippen LogP contribution is -2.07. The lowest BCUT2D eigenvalue weighted by atomic mass is 10.0. The van der Waals surface area contributed by atoms with Gasteiger partial charge in [0, 0.05) is 16.5 Å². The molecule has 0 bridgehead atoms. The third-order valence-corrected chi connectivity index (χ3v) is 3.58. The van der Waals surface area contributed by atoms with Crippen LogP contribution < -0.4 is 0 Å². The number of ether oxygens (including phenoxy) is 1. The van der Waals surface area contributed by atoms with Crippen molar-refractivity contribution in [2.75, 3.05) is 7.11 Å². The molecule has 2 aromatic carbocycles. The zero-order chi connectivity index (χ0) is 16.6. The Kier molecular flexibility index (Phi) is 3.60. The minimum absolute atomic E-state index is 0.0736. The summed E-state index contributed by atoms with van der Waals surface area (Å²) in [5.41, 5.74) is 0.341. The standard InChI is InChI=1S/C17H12F3NO2/c1-23-16(22)11-8-6-10(7-9-11)14-12-4-2-3-5-13(12)21-15(14)17(18,19)20/h2-9,21H,1H3. The number of rotatable bonds is 2. The van der Waals surface area contributed by atoms with E-state index in [9.17, 15) is 18.0 Å². The van der Waals surface area contributed by atoms with Crippen molar-refractivity contribution >= 4 is 16.9 Å². The van der Waals surface area contributed by atoms with Gasteiger partial charge in [-0.05, 0) is 23.8 Å². The quantitative estimate of drug-likeness (QED) is 0.699. The van der Waals surface area contributed by atoms with Gasteiger partial charge in [-0.2, -0.15) is 13.2 Å². The van der Waals surface area contributed by atoms with Crippen LogP contribution in [0.25, 0.3) is 22.0 Å². The topological polar surface area (TPSA) is 42.1 Å². The molecule has 0 saturated heterocycles. The highest BCUT2D eigenvalue weighted by molar-refractivity contribution is 5.98. The average Bonchev–Trinajstić information content (AvgIpc) is 2.94. The van der Waals surface area contributed by atoms with E-state index in [2.05, 4.69) is 9.72 Å². The molecule has 118 valence electrons. The largest absolute Gasteiger partial charge is 0.465 e. The fourth-order valence-electron chi connectivity index (χ4n) is 2.55. The summed E-state index contributed by atoms with van der Waals surface area (Å²) < 4.78 is 44.6. The van der Waals surface area contributed by atoms with Crippen LogP contribution in [-0.2, 0) is 10.9 Å². The van der Waals surface area contributed by atoms with Gasteiger partial charge in [0.1, 0.15) is 5.69 Å². The number of nitrogens with one attached hydrogen (secondary N) is 1. The molecule has 0 unspecified atom stereocenters. The highest BCUT2D eigenvalue weighted by Crippen LogP contribution is 2.41. The summed E-state index contributed by atoms with van der Waals surface area (Å²) in [5.74, 6) is -0.536. The van der Waals surface area contributed by atoms with Crippen molar-refractivity contribution in [1.29, 1.82) is 0 Å². The predicted octanol–water partition coefficient (Wildman–Crippen LogP) is 4.64. The molecule has 3 nitrogen and oxygen atoms in total. The number of esters is 1. The zero-order valence-electron chi connectivity index (χ0n) is 12.1. The molecule has 0 saturated carbocycles. The van der Waals surface area contributed by atoms with Gasteiger partial charge in [0.2, 0.25) is 0 Å². The number of aromatic amines is 1. The number of benzene rings is 2. The number of halogens is 3. The fraction of sp³-hybridized carbons (Fsp3) is 0.118. The van der Waals surface area contributed by atoms with E-state index in [4.69, 9.17) is 0 Å². The minimum Gasteiger partial charge on any atom is -0.465 e. The van der Waals surface area contributed by atoms with E-state index in [1.807, 2.05) is 0 Å². The Morgan fingerprint density at radius 1 is 1.04 bits per heavy atom. The number of methoxy groups -OCH3 is 1. The smallest absolute Gasteiger partial charge is 0.431 e. The van der Waals surface area contributed by atoms with Crippen LogP contribution in [0.4, 0.5) is 13.2 Å². The number of alkyl halides is 3. The highest BCUT2D eigenvalue weighted by atomic mass is 19.4. The van der Waals surface area contributed by atoms with Crippen LogP contribution in [0.3, 0.4) is 0 Å². The molecule has 1 aromatic heterocycles. The van der Waals surface area contributed by atoms with Gasteiger partial charge in [-0.1, -0.05) is 30.3 Å². The molecular formula is C17H12F3NO2.